The number of nitrogens with zero attached hydrogens (tertiary/aromatic N) is 2. The van der Waals surface area contributed by atoms with E-state index < -0.39 is 0 Å². The van der Waals surface area contributed by atoms with E-state index in [1.807, 2.05) is 18.2 Å². The van der Waals surface area contributed by atoms with Gasteiger partial charge in [0.2, 0.25) is 11.8 Å². The lowest BCUT2D eigenvalue weighted by molar-refractivity contribution is 0.133. The van der Waals surface area contributed by atoms with E-state index in [4.69, 9.17) is 9.15 Å². The normalized spacial score (nSPS) is 12.5. The molecule has 5 nitrogen and oxygen atoms in total. The molecular weight excluding hydrogens is 266 g/mol. The van der Waals surface area contributed by atoms with Crippen molar-refractivity contribution >= 4 is 0 Å². The maximum absolute atomic E-state index is 5.77. The molecule has 1 unspecified atom stereocenters. The maximum atomic E-state index is 5.77. The predicted molar refractivity (Wildman–Crippen MR) is 81.1 cm³/mol. The van der Waals surface area contributed by atoms with Crippen LogP contribution in [0.15, 0.2) is 34.7 Å². The van der Waals surface area contributed by atoms with Gasteiger partial charge in [-0.3, -0.25) is 0 Å². The molecule has 114 valence electrons. The molecule has 21 heavy (non-hydrogen) atoms. The second kappa shape index (κ2) is 8.54. The number of aromatic nitrogens is 2. The minimum absolute atomic E-state index is 0.0611. The molecule has 1 heterocycles. The van der Waals surface area contributed by atoms with Gasteiger partial charge in [0.15, 0.2) is 0 Å². The third-order valence-electron chi connectivity index (χ3n) is 3.08. The van der Waals surface area contributed by atoms with Crippen molar-refractivity contribution in [3.63, 3.8) is 0 Å². The summed E-state index contributed by atoms with van der Waals surface area (Å²) in [5.41, 5.74) is 1.12. The molecule has 2 rings (SSSR count). The summed E-state index contributed by atoms with van der Waals surface area (Å²) in [7, 11) is 0. The molecule has 0 fully saturated rings. The lowest BCUT2D eigenvalue weighted by Crippen LogP contribution is -2.22. The van der Waals surface area contributed by atoms with Crippen LogP contribution in [0, 0.1) is 0 Å². The van der Waals surface area contributed by atoms with Crippen molar-refractivity contribution in [3.05, 3.63) is 47.7 Å². The van der Waals surface area contributed by atoms with Gasteiger partial charge in [0, 0.05) is 13.0 Å². The van der Waals surface area contributed by atoms with Gasteiger partial charge in [0.25, 0.3) is 0 Å². The van der Waals surface area contributed by atoms with Gasteiger partial charge in [-0.15, -0.1) is 10.2 Å². The lowest BCUT2D eigenvalue weighted by atomic mass is 10.1. The summed E-state index contributed by atoms with van der Waals surface area (Å²) in [4.78, 5) is 0. The summed E-state index contributed by atoms with van der Waals surface area (Å²) in [6.07, 6.45) is 1.67. The number of hydrogen-bond acceptors (Lipinski definition) is 5. The molecule has 0 aliphatic carbocycles. The number of ether oxygens (including phenoxy) is 1. The molecule has 0 spiro atoms. The zero-order valence-electron chi connectivity index (χ0n) is 12.7. The van der Waals surface area contributed by atoms with Crippen molar-refractivity contribution in [2.45, 2.75) is 32.7 Å². The van der Waals surface area contributed by atoms with Crippen LogP contribution in [0.4, 0.5) is 0 Å². The standard InChI is InChI=1S/C16H23N3O2/c1-3-11-20-12-10-14-18-19-16(21-14)15(17-4-2)13-8-6-5-7-9-13/h5-9,15,17H,3-4,10-12H2,1-2H3. The molecule has 0 bridgehead atoms. The fraction of sp³-hybridized carbons (Fsp3) is 0.500. The quantitative estimate of drug-likeness (QED) is 0.719. The van der Waals surface area contributed by atoms with Gasteiger partial charge in [0.1, 0.15) is 6.04 Å². The van der Waals surface area contributed by atoms with Gasteiger partial charge in [-0.1, -0.05) is 44.2 Å². The van der Waals surface area contributed by atoms with E-state index in [2.05, 4.69) is 41.5 Å². The van der Waals surface area contributed by atoms with Gasteiger partial charge in [-0.05, 0) is 18.5 Å². The number of hydrogen-bond donors (Lipinski definition) is 1. The van der Waals surface area contributed by atoms with Crippen molar-refractivity contribution in [2.75, 3.05) is 19.8 Å². The first-order valence-corrected chi connectivity index (χ1v) is 7.53. The molecule has 0 saturated carbocycles. The molecule has 0 saturated heterocycles. The van der Waals surface area contributed by atoms with Crippen LogP contribution < -0.4 is 5.32 Å². The molecular formula is C16H23N3O2. The average Bonchev–Trinajstić information content (AvgIpc) is 2.98. The first-order chi connectivity index (χ1) is 10.3. The highest BCUT2D eigenvalue weighted by Gasteiger charge is 2.19. The average molecular weight is 289 g/mol. The minimum Gasteiger partial charge on any atom is -0.423 e. The molecule has 0 amide bonds. The molecule has 1 N–H and O–H groups in total. The Bertz CT molecular complexity index is 513. The zero-order chi connectivity index (χ0) is 14.9. The van der Waals surface area contributed by atoms with E-state index >= 15 is 0 Å². The smallest absolute Gasteiger partial charge is 0.237 e. The summed E-state index contributed by atoms with van der Waals surface area (Å²) >= 11 is 0. The predicted octanol–water partition coefficient (Wildman–Crippen LogP) is 2.74. The summed E-state index contributed by atoms with van der Waals surface area (Å²) in [6, 6.07) is 10.1. The van der Waals surface area contributed by atoms with Crippen molar-refractivity contribution < 1.29 is 9.15 Å². The van der Waals surface area contributed by atoms with Gasteiger partial charge < -0.3 is 14.5 Å². The second-order valence-electron chi connectivity index (χ2n) is 4.80. The number of nitrogens with one attached hydrogen (secondary N) is 1. The Hall–Kier alpha value is -1.72. The molecule has 0 aliphatic heterocycles. The van der Waals surface area contributed by atoms with Gasteiger partial charge in [-0.25, -0.2) is 0 Å². The van der Waals surface area contributed by atoms with Crippen molar-refractivity contribution in [2.24, 2.45) is 0 Å². The Balaban J connectivity index is 2.02. The zero-order valence-corrected chi connectivity index (χ0v) is 12.7. The van der Waals surface area contributed by atoms with E-state index in [-0.39, 0.29) is 6.04 Å². The minimum atomic E-state index is -0.0611. The van der Waals surface area contributed by atoms with Gasteiger partial charge in [0.05, 0.1) is 6.61 Å². The fourth-order valence-corrected chi connectivity index (χ4v) is 2.09. The first kappa shape index (κ1) is 15.7. The van der Waals surface area contributed by atoms with Crippen molar-refractivity contribution in [3.8, 4) is 0 Å². The monoisotopic (exact) mass is 289 g/mol. The highest BCUT2D eigenvalue weighted by atomic mass is 16.5. The Kier molecular flexibility index (Phi) is 6.37. The van der Waals surface area contributed by atoms with Crippen LogP contribution in [0.1, 0.15) is 43.7 Å². The Morgan fingerprint density at radius 2 is 1.95 bits per heavy atom. The number of benzene rings is 1. The Morgan fingerprint density at radius 3 is 2.67 bits per heavy atom. The van der Waals surface area contributed by atoms with Crippen LogP contribution in [0.25, 0.3) is 0 Å². The fourth-order valence-electron chi connectivity index (χ4n) is 2.09. The molecule has 5 heteroatoms. The molecule has 0 aliphatic rings. The van der Waals surface area contributed by atoms with Crippen LogP contribution in [0.3, 0.4) is 0 Å². The van der Waals surface area contributed by atoms with Crippen molar-refractivity contribution in [1.29, 1.82) is 0 Å². The first-order valence-electron chi connectivity index (χ1n) is 7.53. The van der Waals surface area contributed by atoms with E-state index in [0.29, 0.717) is 24.8 Å². The Morgan fingerprint density at radius 1 is 1.14 bits per heavy atom. The van der Waals surface area contributed by atoms with E-state index in [1.165, 1.54) is 0 Å². The second-order valence-corrected chi connectivity index (χ2v) is 4.80. The topological polar surface area (TPSA) is 60.2 Å². The maximum Gasteiger partial charge on any atom is 0.237 e. The van der Waals surface area contributed by atoms with E-state index in [0.717, 1.165) is 25.1 Å². The van der Waals surface area contributed by atoms with Crippen LogP contribution in [-0.4, -0.2) is 30.0 Å². The summed E-state index contributed by atoms with van der Waals surface area (Å²) in [5.74, 6) is 1.23. The van der Waals surface area contributed by atoms with Crippen molar-refractivity contribution in [1.82, 2.24) is 15.5 Å². The molecule has 1 aromatic carbocycles. The highest BCUT2D eigenvalue weighted by molar-refractivity contribution is 5.23. The summed E-state index contributed by atoms with van der Waals surface area (Å²) in [5, 5.41) is 11.7. The molecule has 2 aromatic rings. The largest absolute Gasteiger partial charge is 0.423 e. The van der Waals surface area contributed by atoms with Crippen LogP contribution in [-0.2, 0) is 11.2 Å². The number of rotatable bonds is 9. The van der Waals surface area contributed by atoms with E-state index in [1.54, 1.807) is 0 Å². The SMILES string of the molecule is CCCOCCc1nnc(C(NCC)c2ccccc2)o1. The summed E-state index contributed by atoms with van der Waals surface area (Å²) in [6.45, 7) is 6.37. The van der Waals surface area contributed by atoms with Gasteiger partial charge >= 0.3 is 0 Å². The summed E-state index contributed by atoms with van der Waals surface area (Å²) < 4.78 is 11.2. The highest BCUT2D eigenvalue weighted by Crippen LogP contribution is 2.20. The molecule has 1 aromatic heterocycles. The lowest BCUT2D eigenvalue weighted by Gasteiger charge is -2.13. The van der Waals surface area contributed by atoms with Crippen LogP contribution in [0.2, 0.25) is 0 Å². The molecule has 0 radical (unpaired) electrons. The van der Waals surface area contributed by atoms with Crippen LogP contribution in [0.5, 0.6) is 0 Å². The van der Waals surface area contributed by atoms with Crippen LogP contribution >= 0.6 is 0 Å². The Labute approximate surface area is 125 Å². The third kappa shape index (κ3) is 4.65. The molecule has 1 atom stereocenters. The third-order valence-corrected chi connectivity index (χ3v) is 3.08. The van der Waals surface area contributed by atoms with E-state index in [9.17, 15) is 0 Å². The van der Waals surface area contributed by atoms with Gasteiger partial charge in [-0.2, -0.15) is 0 Å².